The van der Waals surface area contributed by atoms with Crippen molar-refractivity contribution in [3.63, 3.8) is 0 Å². The first-order valence-corrected chi connectivity index (χ1v) is 8.19. The number of anilines is 1. The number of aromatic nitrogens is 2. The number of nitrogens with zero attached hydrogens (tertiary/aromatic N) is 3. The quantitative estimate of drug-likeness (QED) is 0.837. The zero-order valence-corrected chi connectivity index (χ0v) is 13.9. The van der Waals surface area contributed by atoms with Gasteiger partial charge in [0, 0.05) is 32.4 Å². The summed E-state index contributed by atoms with van der Waals surface area (Å²) in [6.07, 6.45) is 6.99. The fourth-order valence-corrected chi connectivity index (χ4v) is 3.17. The Balaban J connectivity index is 2.28. The molecule has 1 N–H and O–H groups in total. The molecule has 2 heterocycles. The van der Waals surface area contributed by atoms with E-state index < -0.39 is 0 Å². The highest BCUT2D eigenvalue weighted by Gasteiger charge is 2.27. The Hall–Kier alpha value is -1.07. The predicted molar refractivity (Wildman–Crippen MR) is 87.1 cm³/mol. The van der Waals surface area contributed by atoms with Crippen molar-refractivity contribution in [2.45, 2.75) is 51.6 Å². The van der Waals surface area contributed by atoms with Gasteiger partial charge in [0.2, 0.25) is 5.95 Å². The Morgan fingerprint density at radius 2 is 2.29 bits per heavy atom. The predicted octanol–water partition coefficient (Wildman–Crippen LogP) is 2.23. The zero-order valence-electron chi connectivity index (χ0n) is 13.9. The average Bonchev–Trinajstić information content (AvgIpc) is 2.93. The molecular weight excluding hydrogens is 264 g/mol. The van der Waals surface area contributed by atoms with Crippen LogP contribution in [0.3, 0.4) is 0 Å². The first kappa shape index (κ1) is 16.3. The van der Waals surface area contributed by atoms with Crippen molar-refractivity contribution in [1.29, 1.82) is 0 Å². The van der Waals surface area contributed by atoms with Crippen molar-refractivity contribution in [3.05, 3.63) is 11.9 Å². The van der Waals surface area contributed by atoms with Crippen LogP contribution in [-0.4, -0.2) is 49.4 Å². The Bertz CT molecular complexity index is 430. The van der Waals surface area contributed by atoms with Crippen molar-refractivity contribution in [1.82, 2.24) is 14.9 Å². The molecule has 1 fully saturated rings. The number of rotatable bonds is 7. The summed E-state index contributed by atoms with van der Waals surface area (Å²) in [6, 6.07) is 0.860. The molecule has 2 rings (SSSR count). The van der Waals surface area contributed by atoms with Crippen molar-refractivity contribution in [3.8, 4) is 0 Å². The van der Waals surface area contributed by atoms with Gasteiger partial charge < -0.3 is 19.5 Å². The number of ether oxygens (including phenoxy) is 1. The summed E-state index contributed by atoms with van der Waals surface area (Å²) in [4.78, 5) is 7.39. The Morgan fingerprint density at radius 1 is 1.48 bits per heavy atom. The van der Waals surface area contributed by atoms with Crippen molar-refractivity contribution in [2.75, 3.05) is 38.8 Å². The van der Waals surface area contributed by atoms with E-state index in [4.69, 9.17) is 9.72 Å². The summed E-state index contributed by atoms with van der Waals surface area (Å²) in [7, 11) is 3.79. The molecule has 2 unspecified atom stereocenters. The molecule has 1 aromatic heterocycles. The van der Waals surface area contributed by atoms with E-state index in [1.807, 2.05) is 7.05 Å². The maximum atomic E-state index is 5.34. The van der Waals surface area contributed by atoms with Gasteiger partial charge in [0.15, 0.2) is 0 Å². The fourth-order valence-electron chi connectivity index (χ4n) is 3.17. The number of piperidine rings is 1. The molecule has 0 amide bonds. The molecule has 0 spiro atoms. The Kier molecular flexibility index (Phi) is 6.06. The first-order valence-electron chi connectivity index (χ1n) is 8.19. The second-order valence-corrected chi connectivity index (χ2v) is 6.00. The van der Waals surface area contributed by atoms with Gasteiger partial charge >= 0.3 is 0 Å². The van der Waals surface area contributed by atoms with Gasteiger partial charge in [-0.1, -0.05) is 6.92 Å². The van der Waals surface area contributed by atoms with Gasteiger partial charge in [-0.25, -0.2) is 4.98 Å². The van der Waals surface area contributed by atoms with Crippen molar-refractivity contribution in [2.24, 2.45) is 0 Å². The zero-order chi connectivity index (χ0) is 15.2. The molecule has 5 nitrogen and oxygen atoms in total. The van der Waals surface area contributed by atoms with Crippen LogP contribution in [0.4, 0.5) is 5.95 Å². The lowest BCUT2D eigenvalue weighted by Gasteiger charge is -2.37. The van der Waals surface area contributed by atoms with Crippen LogP contribution in [0.5, 0.6) is 0 Å². The second kappa shape index (κ2) is 7.80. The Morgan fingerprint density at radius 3 is 2.95 bits per heavy atom. The molecule has 2 atom stereocenters. The molecule has 1 aliphatic rings. The number of methoxy groups -OCH3 is 1. The average molecular weight is 294 g/mol. The standard InChI is InChI=1S/C16H30N4O/c1-5-14-11-20(13(2)12-21-4)16(18-14)19-9-7-6-8-15(19)10-17-3/h11,13,15,17H,5-10,12H2,1-4H3. The lowest BCUT2D eigenvalue weighted by Crippen LogP contribution is -2.46. The number of imidazole rings is 1. The van der Waals surface area contributed by atoms with E-state index in [0.717, 1.165) is 32.1 Å². The van der Waals surface area contributed by atoms with Crippen LogP contribution < -0.4 is 10.2 Å². The maximum Gasteiger partial charge on any atom is 0.206 e. The van der Waals surface area contributed by atoms with Gasteiger partial charge in [-0.3, -0.25) is 0 Å². The monoisotopic (exact) mass is 294 g/mol. The topological polar surface area (TPSA) is 42.3 Å². The lowest BCUT2D eigenvalue weighted by molar-refractivity contribution is 0.162. The summed E-state index contributed by atoms with van der Waals surface area (Å²) < 4.78 is 7.64. The van der Waals surface area contributed by atoms with Crippen LogP contribution in [0.1, 0.15) is 44.8 Å². The van der Waals surface area contributed by atoms with Gasteiger partial charge in [0.1, 0.15) is 0 Å². The minimum absolute atomic E-state index is 0.315. The number of likely N-dealkylation sites (N-methyl/N-ethyl adjacent to an activating group) is 1. The van der Waals surface area contributed by atoms with Crippen LogP contribution >= 0.6 is 0 Å². The molecule has 1 saturated heterocycles. The Labute approximate surface area is 128 Å². The van der Waals surface area contributed by atoms with E-state index in [0.29, 0.717) is 12.1 Å². The second-order valence-electron chi connectivity index (χ2n) is 6.00. The van der Waals surface area contributed by atoms with Gasteiger partial charge in [-0.05, 0) is 39.7 Å². The molecule has 0 radical (unpaired) electrons. The third-order valence-corrected chi connectivity index (χ3v) is 4.33. The van der Waals surface area contributed by atoms with Crippen molar-refractivity contribution < 1.29 is 4.74 Å². The minimum Gasteiger partial charge on any atom is -0.383 e. The molecule has 1 aliphatic heterocycles. The molecular formula is C16H30N4O. The van der Waals surface area contributed by atoms with Gasteiger partial charge in [0.05, 0.1) is 18.3 Å². The van der Waals surface area contributed by atoms with Crippen LogP contribution in [-0.2, 0) is 11.2 Å². The number of aryl methyl sites for hydroxylation is 1. The number of hydrogen-bond donors (Lipinski definition) is 1. The van der Waals surface area contributed by atoms with E-state index in [1.165, 1.54) is 25.0 Å². The van der Waals surface area contributed by atoms with Gasteiger partial charge in [-0.15, -0.1) is 0 Å². The summed E-state index contributed by atoms with van der Waals surface area (Å²) >= 11 is 0. The molecule has 0 aliphatic carbocycles. The van der Waals surface area contributed by atoms with Gasteiger partial charge in [0.25, 0.3) is 0 Å². The molecule has 0 aromatic carbocycles. The van der Waals surface area contributed by atoms with E-state index in [1.54, 1.807) is 7.11 Å². The molecule has 21 heavy (non-hydrogen) atoms. The van der Waals surface area contributed by atoms with E-state index in [-0.39, 0.29) is 0 Å². The molecule has 5 heteroatoms. The smallest absolute Gasteiger partial charge is 0.206 e. The third kappa shape index (κ3) is 3.77. The van der Waals surface area contributed by atoms with E-state index >= 15 is 0 Å². The molecule has 0 saturated carbocycles. The van der Waals surface area contributed by atoms with E-state index in [9.17, 15) is 0 Å². The normalized spacial score (nSPS) is 20.8. The molecule has 120 valence electrons. The SMILES string of the molecule is CCc1cn(C(C)COC)c(N2CCCCC2CNC)n1. The maximum absolute atomic E-state index is 5.34. The lowest BCUT2D eigenvalue weighted by atomic mass is 10.0. The summed E-state index contributed by atoms with van der Waals surface area (Å²) in [5, 5.41) is 3.33. The van der Waals surface area contributed by atoms with Crippen LogP contribution in [0.2, 0.25) is 0 Å². The first-order chi connectivity index (χ1) is 10.2. The molecule has 0 bridgehead atoms. The van der Waals surface area contributed by atoms with Crippen LogP contribution in [0.15, 0.2) is 6.20 Å². The highest BCUT2D eigenvalue weighted by molar-refractivity contribution is 5.37. The van der Waals surface area contributed by atoms with Crippen LogP contribution in [0.25, 0.3) is 0 Å². The van der Waals surface area contributed by atoms with Crippen molar-refractivity contribution >= 4 is 5.95 Å². The number of nitrogens with one attached hydrogen (secondary N) is 1. The van der Waals surface area contributed by atoms with E-state index in [2.05, 4.69) is 34.8 Å². The summed E-state index contributed by atoms with van der Waals surface area (Å²) in [5.41, 5.74) is 1.17. The fraction of sp³-hybridized carbons (Fsp3) is 0.812. The number of hydrogen-bond acceptors (Lipinski definition) is 4. The third-order valence-electron chi connectivity index (χ3n) is 4.33. The van der Waals surface area contributed by atoms with Gasteiger partial charge in [-0.2, -0.15) is 0 Å². The highest BCUT2D eigenvalue weighted by atomic mass is 16.5. The summed E-state index contributed by atoms with van der Waals surface area (Å²) in [5.74, 6) is 1.12. The summed E-state index contributed by atoms with van der Waals surface area (Å²) in [6.45, 7) is 7.21. The highest BCUT2D eigenvalue weighted by Crippen LogP contribution is 2.27. The molecule has 1 aromatic rings. The largest absolute Gasteiger partial charge is 0.383 e. The van der Waals surface area contributed by atoms with Crippen LogP contribution in [0, 0.1) is 0 Å². The minimum atomic E-state index is 0.315.